The van der Waals surface area contributed by atoms with Crippen LogP contribution >= 0.6 is 11.8 Å². The van der Waals surface area contributed by atoms with Gasteiger partial charge in [0.05, 0.1) is 13.2 Å². The summed E-state index contributed by atoms with van der Waals surface area (Å²) in [6, 6.07) is -0.169. The average molecular weight is 218 g/mol. The predicted molar refractivity (Wildman–Crippen MR) is 58.6 cm³/mol. The maximum atomic E-state index is 11.6. The van der Waals surface area contributed by atoms with Crippen LogP contribution in [0, 0.1) is 0 Å². The first-order chi connectivity index (χ1) is 6.74. The zero-order valence-electron chi connectivity index (χ0n) is 8.71. The first-order valence-corrected chi connectivity index (χ1v) is 6.14. The molecule has 0 aliphatic carbocycles. The molecule has 0 aromatic heterocycles. The molecule has 0 unspecified atom stereocenters. The van der Waals surface area contributed by atoms with Crippen molar-refractivity contribution in [2.24, 2.45) is 0 Å². The van der Waals surface area contributed by atoms with Crippen molar-refractivity contribution >= 4 is 17.7 Å². The van der Waals surface area contributed by atoms with Gasteiger partial charge in [-0.2, -0.15) is 11.8 Å². The van der Waals surface area contributed by atoms with Crippen molar-refractivity contribution in [2.75, 3.05) is 32.6 Å². The molecule has 2 atom stereocenters. The average Bonchev–Trinajstić information content (AvgIpc) is 2.26. The van der Waals surface area contributed by atoms with E-state index in [1.54, 1.807) is 11.8 Å². The third-order valence-corrected chi connectivity index (χ3v) is 3.18. The number of hydrogen-bond donors (Lipinski definition) is 2. The van der Waals surface area contributed by atoms with Gasteiger partial charge in [-0.25, -0.2) is 0 Å². The Kier molecular flexibility index (Phi) is 5.29. The van der Waals surface area contributed by atoms with Crippen molar-refractivity contribution in [1.82, 2.24) is 10.6 Å². The van der Waals surface area contributed by atoms with Gasteiger partial charge in [-0.15, -0.1) is 0 Å². The molecule has 0 spiro atoms. The second-order valence-corrected chi connectivity index (χ2v) is 4.65. The number of hydrogen-bond acceptors (Lipinski definition) is 4. The number of nitrogens with one attached hydrogen (secondary N) is 2. The molecule has 0 aromatic rings. The Balaban J connectivity index is 2.19. The number of amides is 1. The van der Waals surface area contributed by atoms with Crippen LogP contribution in [0.1, 0.15) is 6.92 Å². The van der Waals surface area contributed by atoms with Crippen LogP contribution in [0.25, 0.3) is 0 Å². The third kappa shape index (κ3) is 3.86. The van der Waals surface area contributed by atoms with Crippen molar-refractivity contribution in [3.8, 4) is 0 Å². The number of carbonyl (C=O) groups is 1. The lowest BCUT2D eigenvalue weighted by molar-refractivity contribution is -0.125. The highest BCUT2D eigenvalue weighted by Gasteiger charge is 2.20. The maximum Gasteiger partial charge on any atom is 0.239 e. The second-order valence-electron chi connectivity index (χ2n) is 3.37. The van der Waals surface area contributed by atoms with Crippen LogP contribution in [0.4, 0.5) is 0 Å². The van der Waals surface area contributed by atoms with Crippen LogP contribution in [0.5, 0.6) is 0 Å². The van der Waals surface area contributed by atoms with Gasteiger partial charge in [0.2, 0.25) is 5.91 Å². The highest BCUT2D eigenvalue weighted by atomic mass is 32.2. The van der Waals surface area contributed by atoms with Gasteiger partial charge in [0.25, 0.3) is 0 Å². The van der Waals surface area contributed by atoms with Crippen molar-refractivity contribution in [1.29, 1.82) is 0 Å². The summed E-state index contributed by atoms with van der Waals surface area (Å²) in [4.78, 5) is 11.6. The third-order valence-electron chi connectivity index (χ3n) is 2.20. The molecule has 14 heavy (non-hydrogen) atoms. The van der Waals surface area contributed by atoms with Gasteiger partial charge >= 0.3 is 0 Å². The molecule has 2 N–H and O–H groups in total. The van der Waals surface area contributed by atoms with Crippen LogP contribution < -0.4 is 10.6 Å². The molecule has 1 fully saturated rings. The maximum absolute atomic E-state index is 11.6. The molecule has 1 heterocycles. The molecule has 0 radical (unpaired) electrons. The van der Waals surface area contributed by atoms with E-state index in [2.05, 4.69) is 17.6 Å². The van der Waals surface area contributed by atoms with E-state index >= 15 is 0 Å². The molecule has 5 heteroatoms. The predicted octanol–water partition coefficient (Wildman–Crippen LogP) is -0.157. The molecule has 1 amide bonds. The summed E-state index contributed by atoms with van der Waals surface area (Å²) >= 11 is 1.75. The summed E-state index contributed by atoms with van der Waals surface area (Å²) < 4.78 is 5.21. The minimum absolute atomic E-state index is 0.0469. The van der Waals surface area contributed by atoms with E-state index in [4.69, 9.17) is 4.74 Å². The van der Waals surface area contributed by atoms with E-state index in [1.165, 1.54) is 0 Å². The lowest BCUT2D eigenvalue weighted by Gasteiger charge is -2.23. The van der Waals surface area contributed by atoms with Gasteiger partial charge in [0.15, 0.2) is 0 Å². The monoisotopic (exact) mass is 218 g/mol. The standard InChI is InChI=1S/C9H18N2O2S/c1-7(14-2)5-11-9(12)8-6-13-4-3-10-8/h7-8,10H,3-6H2,1-2H3,(H,11,12)/t7-,8+/m0/s1. The van der Waals surface area contributed by atoms with Crippen molar-refractivity contribution < 1.29 is 9.53 Å². The Morgan fingerprint density at radius 2 is 2.57 bits per heavy atom. The fourth-order valence-corrected chi connectivity index (χ4v) is 1.43. The molecule has 4 nitrogen and oxygen atoms in total. The Hall–Kier alpha value is -0.260. The summed E-state index contributed by atoms with van der Waals surface area (Å²) in [7, 11) is 0. The first-order valence-electron chi connectivity index (χ1n) is 4.85. The number of carbonyl (C=O) groups excluding carboxylic acids is 1. The van der Waals surface area contributed by atoms with Gasteiger partial charge < -0.3 is 15.4 Å². The van der Waals surface area contributed by atoms with Gasteiger partial charge in [0, 0.05) is 18.3 Å². The van der Waals surface area contributed by atoms with Crippen molar-refractivity contribution in [3.05, 3.63) is 0 Å². The summed E-state index contributed by atoms with van der Waals surface area (Å²) in [5.74, 6) is 0.0469. The summed E-state index contributed by atoms with van der Waals surface area (Å²) in [6.07, 6.45) is 2.04. The number of thioether (sulfide) groups is 1. The Morgan fingerprint density at radius 1 is 1.79 bits per heavy atom. The molecule has 1 aliphatic rings. The SMILES string of the molecule is CS[C@@H](C)CNC(=O)[C@H]1COCCN1. The highest BCUT2D eigenvalue weighted by molar-refractivity contribution is 7.99. The van der Waals surface area contributed by atoms with Crippen LogP contribution in [-0.2, 0) is 9.53 Å². The van der Waals surface area contributed by atoms with Gasteiger partial charge in [0.1, 0.15) is 6.04 Å². The fourth-order valence-electron chi connectivity index (χ4n) is 1.18. The lowest BCUT2D eigenvalue weighted by atomic mass is 10.2. The van der Waals surface area contributed by atoms with E-state index < -0.39 is 0 Å². The zero-order chi connectivity index (χ0) is 10.4. The molecule has 1 aliphatic heterocycles. The quantitative estimate of drug-likeness (QED) is 0.688. The minimum atomic E-state index is -0.169. The minimum Gasteiger partial charge on any atom is -0.378 e. The number of morpholine rings is 1. The Labute approximate surface area is 89.2 Å². The van der Waals surface area contributed by atoms with Crippen LogP contribution in [-0.4, -0.2) is 49.8 Å². The molecular formula is C9H18N2O2S. The topological polar surface area (TPSA) is 50.4 Å². The normalized spacial score (nSPS) is 24.3. The Bertz CT molecular complexity index is 184. The van der Waals surface area contributed by atoms with Crippen LogP contribution in [0.2, 0.25) is 0 Å². The highest BCUT2D eigenvalue weighted by Crippen LogP contribution is 2.02. The molecule has 0 aromatic carbocycles. The molecular weight excluding hydrogens is 200 g/mol. The zero-order valence-corrected chi connectivity index (χ0v) is 9.52. The van der Waals surface area contributed by atoms with Crippen LogP contribution in [0.15, 0.2) is 0 Å². The van der Waals surface area contributed by atoms with E-state index in [0.29, 0.717) is 18.5 Å². The van der Waals surface area contributed by atoms with Crippen molar-refractivity contribution in [3.63, 3.8) is 0 Å². The Morgan fingerprint density at radius 3 is 3.14 bits per heavy atom. The number of ether oxygens (including phenoxy) is 1. The fraction of sp³-hybridized carbons (Fsp3) is 0.889. The second kappa shape index (κ2) is 6.27. The smallest absolute Gasteiger partial charge is 0.239 e. The molecule has 0 bridgehead atoms. The lowest BCUT2D eigenvalue weighted by Crippen LogP contribution is -2.51. The van der Waals surface area contributed by atoms with E-state index in [0.717, 1.165) is 13.1 Å². The largest absolute Gasteiger partial charge is 0.378 e. The molecule has 0 saturated carbocycles. The van der Waals surface area contributed by atoms with Crippen molar-refractivity contribution in [2.45, 2.75) is 18.2 Å². The van der Waals surface area contributed by atoms with E-state index in [1.807, 2.05) is 6.26 Å². The van der Waals surface area contributed by atoms with Gasteiger partial charge in [-0.1, -0.05) is 6.92 Å². The summed E-state index contributed by atoms with van der Waals surface area (Å²) in [5.41, 5.74) is 0. The van der Waals surface area contributed by atoms with Crippen LogP contribution in [0.3, 0.4) is 0 Å². The molecule has 1 saturated heterocycles. The molecule has 82 valence electrons. The molecule has 1 rings (SSSR count). The van der Waals surface area contributed by atoms with Gasteiger partial charge in [-0.05, 0) is 6.26 Å². The summed E-state index contributed by atoms with van der Waals surface area (Å²) in [5, 5.41) is 6.48. The first kappa shape index (κ1) is 11.8. The van der Waals surface area contributed by atoms with E-state index in [-0.39, 0.29) is 11.9 Å². The summed E-state index contributed by atoms with van der Waals surface area (Å²) in [6.45, 7) is 4.76. The van der Waals surface area contributed by atoms with Gasteiger partial charge in [-0.3, -0.25) is 4.79 Å². The van der Waals surface area contributed by atoms with E-state index in [9.17, 15) is 4.79 Å². The number of rotatable bonds is 4.